The van der Waals surface area contributed by atoms with Gasteiger partial charge in [0.05, 0.1) is 12.5 Å². The number of hydrogen-bond acceptors (Lipinski definition) is 4. The van der Waals surface area contributed by atoms with Gasteiger partial charge in [0.2, 0.25) is 11.8 Å². The molecule has 1 unspecified atom stereocenters. The Labute approximate surface area is 128 Å². The van der Waals surface area contributed by atoms with E-state index in [0.29, 0.717) is 18.7 Å². The molecule has 2 atom stereocenters. The molecule has 0 aromatic heterocycles. The number of benzene rings is 1. The summed E-state index contributed by atoms with van der Waals surface area (Å²) >= 11 is 1.61. The lowest BCUT2D eigenvalue weighted by Crippen LogP contribution is -2.54. The first-order chi connectivity index (χ1) is 10.1. The summed E-state index contributed by atoms with van der Waals surface area (Å²) in [5, 5.41) is 9.42. The first kappa shape index (κ1) is 15.9. The Kier molecular flexibility index (Phi) is 5.64. The number of aliphatic hydroxyl groups is 1. The smallest absolute Gasteiger partial charge is 0.241 e. The Hall–Kier alpha value is -1.53. The van der Waals surface area contributed by atoms with Crippen LogP contribution in [0.4, 0.5) is 0 Å². The van der Waals surface area contributed by atoms with Gasteiger partial charge in [0, 0.05) is 18.1 Å². The van der Waals surface area contributed by atoms with Gasteiger partial charge >= 0.3 is 0 Å². The summed E-state index contributed by atoms with van der Waals surface area (Å²) in [6.45, 7) is 1.39. The van der Waals surface area contributed by atoms with Crippen LogP contribution in [0.2, 0.25) is 0 Å². The fraction of sp³-hybridized carbons (Fsp3) is 0.400. The van der Waals surface area contributed by atoms with E-state index in [1.54, 1.807) is 11.8 Å². The van der Waals surface area contributed by atoms with Gasteiger partial charge in [-0.2, -0.15) is 11.8 Å². The average Bonchev–Trinajstić information content (AvgIpc) is 2.53. The second kappa shape index (κ2) is 7.47. The van der Waals surface area contributed by atoms with Crippen LogP contribution in [0.15, 0.2) is 30.3 Å². The normalized spacial score (nSPS) is 20.0. The summed E-state index contributed by atoms with van der Waals surface area (Å²) in [6, 6.07) is 8.89. The third kappa shape index (κ3) is 3.98. The van der Waals surface area contributed by atoms with Crippen molar-refractivity contribution in [1.29, 1.82) is 0 Å². The number of carbonyl (C=O) groups is 2. The van der Waals surface area contributed by atoms with E-state index in [0.717, 1.165) is 17.9 Å². The van der Waals surface area contributed by atoms with E-state index in [9.17, 15) is 14.7 Å². The van der Waals surface area contributed by atoms with Gasteiger partial charge in [0.15, 0.2) is 0 Å². The van der Waals surface area contributed by atoms with Crippen molar-refractivity contribution in [2.24, 2.45) is 11.7 Å². The minimum absolute atomic E-state index is 0.245. The molecule has 1 aliphatic heterocycles. The van der Waals surface area contributed by atoms with E-state index in [2.05, 4.69) is 0 Å². The van der Waals surface area contributed by atoms with E-state index in [-0.39, 0.29) is 5.91 Å². The molecule has 1 radical (unpaired) electrons. The van der Waals surface area contributed by atoms with Gasteiger partial charge < -0.3 is 15.7 Å². The van der Waals surface area contributed by atoms with Crippen molar-refractivity contribution < 1.29 is 14.7 Å². The number of amides is 2. The molecule has 3 N–H and O–H groups in total. The first-order valence-electron chi connectivity index (χ1n) is 6.82. The van der Waals surface area contributed by atoms with Crippen molar-refractivity contribution in [1.82, 2.24) is 4.90 Å². The molecule has 1 aromatic rings. The molecule has 1 aromatic carbocycles. The van der Waals surface area contributed by atoms with Crippen LogP contribution >= 0.6 is 11.8 Å². The van der Waals surface area contributed by atoms with Gasteiger partial charge in [0.1, 0.15) is 6.04 Å². The number of hydrogen-bond donors (Lipinski definition) is 2. The molecule has 6 heteroatoms. The van der Waals surface area contributed by atoms with E-state index in [1.165, 1.54) is 4.90 Å². The highest BCUT2D eigenvalue weighted by atomic mass is 32.2. The SMILES string of the molecule is NC(=O)C1CSCCN1C(=O)[C@@H]([CH]O)Cc1ccccc1. The predicted molar refractivity (Wildman–Crippen MR) is 81.9 cm³/mol. The maximum absolute atomic E-state index is 12.6. The lowest BCUT2D eigenvalue weighted by Gasteiger charge is -2.35. The Bertz CT molecular complexity index is 495. The molecule has 113 valence electrons. The summed E-state index contributed by atoms with van der Waals surface area (Å²) in [6.07, 6.45) is 0.408. The van der Waals surface area contributed by atoms with Gasteiger partial charge in [-0.05, 0) is 12.0 Å². The lowest BCUT2D eigenvalue weighted by molar-refractivity contribution is -0.141. The third-order valence-electron chi connectivity index (χ3n) is 3.54. The van der Waals surface area contributed by atoms with E-state index < -0.39 is 17.9 Å². The summed E-state index contributed by atoms with van der Waals surface area (Å²) < 4.78 is 0. The Morgan fingerprint density at radius 1 is 1.43 bits per heavy atom. The van der Waals surface area contributed by atoms with Crippen LogP contribution in [0, 0.1) is 12.5 Å². The number of thioether (sulfide) groups is 1. The van der Waals surface area contributed by atoms with Crippen LogP contribution in [0.25, 0.3) is 0 Å². The van der Waals surface area contributed by atoms with Crippen LogP contribution in [-0.4, -0.2) is 45.9 Å². The summed E-state index contributed by atoms with van der Waals surface area (Å²) in [4.78, 5) is 25.5. The van der Waals surface area contributed by atoms with E-state index in [1.807, 2.05) is 30.3 Å². The second-order valence-electron chi connectivity index (χ2n) is 4.97. The minimum Gasteiger partial charge on any atom is -0.390 e. The van der Waals surface area contributed by atoms with Crippen molar-refractivity contribution in [3.05, 3.63) is 42.5 Å². The Morgan fingerprint density at radius 3 is 2.76 bits per heavy atom. The van der Waals surface area contributed by atoms with Crippen LogP contribution in [0.5, 0.6) is 0 Å². The fourth-order valence-corrected chi connectivity index (χ4v) is 3.45. The molecule has 2 rings (SSSR count). The zero-order valence-corrected chi connectivity index (χ0v) is 12.5. The Balaban J connectivity index is 2.09. The molecule has 2 amide bonds. The molecule has 1 fully saturated rings. The van der Waals surface area contributed by atoms with Gasteiger partial charge in [-0.3, -0.25) is 9.59 Å². The molecule has 1 heterocycles. The minimum atomic E-state index is -0.655. The highest BCUT2D eigenvalue weighted by Crippen LogP contribution is 2.21. The van der Waals surface area contributed by atoms with Crippen molar-refractivity contribution >= 4 is 23.6 Å². The van der Waals surface area contributed by atoms with Crippen molar-refractivity contribution in [2.45, 2.75) is 12.5 Å². The van der Waals surface area contributed by atoms with Crippen molar-refractivity contribution in [3.63, 3.8) is 0 Å². The maximum atomic E-state index is 12.6. The number of primary amides is 1. The average molecular weight is 307 g/mol. The highest BCUT2D eigenvalue weighted by Gasteiger charge is 2.34. The molecule has 1 saturated heterocycles. The molecular formula is C15H19N2O3S. The quantitative estimate of drug-likeness (QED) is 0.843. The molecule has 0 saturated carbocycles. The fourth-order valence-electron chi connectivity index (χ4n) is 2.39. The maximum Gasteiger partial charge on any atom is 0.241 e. The monoisotopic (exact) mass is 307 g/mol. The number of nitrogens with zero attached hydrogens (tertiary/aromatic N) is 1. The highest BCUT2D eigenvalue weighted by molar-refractivity contribution is 7.99. The second-order valence-corrected chi connectivity index (χ2v) is 6.12. The summed E-state index contributed by atoms with van der Waals surface area (Å²) in [7, 11) is 0. The molecule has 0 spiro atoms. The van der Waals surface area contributed by atoms with Gasteiger partial charge in [-0.1, -0.05) is 30.3 Å². The van der Waals surface area contributed by atoms with Crippen molar-refractivity contribution in [2.75, 3.05) is 18.1 Å². The molecular weight excluding hydrogens is 288 g/mol. The summed E-state index contributed by atoms with van der Waals surface area (Å²) in [5.41, 5.74) is 6.33. The van der Waals surface area contributed by atoms with Gasteiger partial charge in [-0.25, -0.2) is 0 Å². The van der Waals surface area contributed by atoms with Crippen LogP contribution in [0.3, 0.4) is 0 Å². The van der Waals surface area contributed by atoms with Crippen LogP contribution in [-0.2, 0) is 16.0 Å². The van der Waals surface area contributed by atoms with Gasteiger partial charge in [-0.15, -0.1) is 0 Å². The summed E-state index contributed by atoms with van der Waals surface area (Å²) in [5.74, 6) is -0.0985. The predicted octanol–water partition coefficient (Wildman–Crippen LogP) is 0.809. The number of nitrogens with two attached hydrogens (primary N) is 1. The molecule has 0 aliphatic carbocycles. The largest absolute Gasteiger partial charge is 0.390 e. The molecule has 0 bridgehead atoms. The van der Waals surface area contributed by atoms with Crippen LogP contribution < -0.4 is 5.73 Å². The number of rotatable bonds is 5. The molecule has 21 heavy (non-hydrogen) atoms. The Morgan fingerprint density at radius 2 is 2.14 bits per heavy atom. The van der Waals surface area contributed by atoms with E-state index >= 15 is 0 Å². The van der Waals surface area contributed by atoms with Crippen molar-refractivity contribution in [3.8, 4) is 0 Å². The van der Waals surface area contributed by atoms with Crippen LogP contribution in [0.1, 0.15) is 5.56 Å². The van der Waals surface area contributed by atoms with Gasteiger partial charge in [0.25, 0.3) is 0 Å². The first-order valence-corrected chi connectivity index (χ1v) is 7.98. The lowest BCUT2D eigenvalue weighted by atomic mass is 9.98. The number of carbonyl (C=O) groups excluding carboxylic acids is 2. The zero-order chi connectivity index (χ0) is 15.2. The number of aliphatic hydroxyl groups excluding tert-OH is 1. The molecule has 5 nitrogen and oxygen atoms in total. The zero-order valence-electron chi connectivity index (χ0n) is 11.6. The topological polar surface area (TPSA) is 83.6 Å². The molecule has 1 aliphatic rings. The third-order valence-corrected chi connectivity index (χ3v) is 4.56. The standard InChI is InChI=1S/C15H19N2O3S/c16-14(19)13-10-21-7-6-17(13)15(20)12(9-18)8-11-4-2-1-3-5-11/h1-5,9,12-13,18H,6-8,10H2,(H2,16,19)/t12-,13?/m1/s1. The van der Waals surface area contributed by atoms with E-state index in [4.69, 9.17) is 5.73 Å².